The van der Waals surface area contributed by atoms with Crippen LogP contribution in [0.25, 0.3) is 0 Å². The lowest BCUT2D eigenvalue weighted by Gasteiger charge is -2.14. The summed E-state index contributed by atoms with van der Waals surface area (Å²) in [5.41, 5.74) is 0. The van der Waals surface area contributed by atoms with Crippen LogP contribution in [0.2, 0.25) is 0 Å². The van der Waals surface area contributed by atoms with E-state index in [-0.39, 0.29) is 18.1 Å². The number of carboxylic acid groups (broad SMARTS) is 1. The number of rotatable bonds is 6. The van der Waals surface area contributed by atoms with E-state index in [1.807, 2.05) is 20.8 Å². The molecule has 1 atom stereocenters. The van der Waals surface area contributed by atoms with Crippen molar-refractivity contribution in [2.45, 2.75) is 40.0 Å². The average molecular weight is 186 g/mol. The third-order valence-electron chi connectivity index (χ3n) is 2.03. The van der Waals surface area contributed by atoms with Crippen LogP contribution in [-0.4, -0.2) is 16.9 Å². The Labute approximate surface area is 79.1 Å². The van der Waals surface area contributed by atoms with Crippen LogP contribution >= 0.6 is 0 Å². The number of hydrogen-bond donors (Lipinski definition) is 1. The molecule has 0 rings (SSSR count). The predicted octanol–water partition coefficient (Wildman–Crippen LogP) is 2.10. The van der Waals surface area contributed by atoms with Crippen LogP contribution in [0.4, 0.5) is 0 Å². The lowest BCUT2D eigenvalue weighted by Crippen LogP contribution is -2.19. The maximum Gasteiger partial charge on any atom is 0.310 e. The van der Waals surface area contributed by atoms with E-state index in [1.54, 1.807) is 0 Å². The molecular formula is C10H18O3. The topological polar surface area (TPSA) is 54.4 Å². The molecule has 1 N–H and O–H groups in total. The van der Waals surface area contributed by atoms with Gasteiger partial charge in [-0.1, -0.05) is 20.8 Å². The zero-order valence-corrected chi connectivity index (χ0v) is 8.54. The van der Waals surface area contributed by atoms with Crippen molar-refractivity contribution in [3.63, 3.8) is 0 Å². The number of hydrogen-bond acceptors (Lipinski definition) is 2. The van der Waals surface area contributed by atoms with Crippen molar-refractivity contribution in [1.82, 2.24) is 0 Å². The third-order valence-corrected chi connectivity index (χ3v) is 2.03. The van der Waals surface area contributed by atoms with Gasteiger partial charge in [0.25, 0.3) is 0 Å². The van der Waals surface area contributed by atoms with Gasteiger partial charge in [-0.2, -0.15) is 0 Å². The Morgan fingerprint density at radius 3 is 2.15 bits per heavy atom. The maximum atomic E-state index is 11.3. The molecule has 0 heterocycles. The molecule has 0 aliphatic rings. The minimum absolute atomic E-state index is 0.0731. The molecule has 0 aliphatic carbocycles. The first-order chi connectivity index (χ1) is 5.97. The number of carbonyl (C=O) groups is 2. The van der Waals surface area contributed by atoms with Gasteiger partial charge in [-0.3, -0.25) is 9.59 Å². The summed E-state index contributed by atoms with van der Waals surface area (Å²) in [6, 6.07) is 0. The molecule has 0 aliphatic heterocycles. The summed E-state index contributed by atoms with van der Waals surface area (Å²) < 4.78 is 0. The summed E-state index contributed by atoms with van der Waals surface area (Å²) in [6.45, 7) is 6.00. The van der Waals surface area contributed by atoms with Crippen LogP contribution in [0.15, 0.2) is 0 Å². The van der Waals surface area contributed by atoms with E-state index in [1.165, 1.54) is 0 Å². The van der Waals surface area contributed by atoms with Gasteiger partial charge in [-0.25, -0.2) is 0 Å². The molecule has 0 spiro atoms. The molecule has 3 nitrogen and oxygen atoms in total. The highest BCUT2D eigenvalue weighted by molar-refractivity contribution is 5.95. The Morgan fingerprint density at radius 1 is 1.31 bits per heavy atom. The smallest absolute Gasteiger partial charge is 0.310 e. The SMILES string of the molecule is CCC(CC(C)C)C(=O)CC(=O)O. The van der Waals surface area contributed by atoms with Crippen molar-refractivity contribution in [3.8, 4) is 0 Å². The number of carboxylic acids is 1. The summed E-state index contributed by atoms with van der Waals surface area (Å²) in [5.74, 6) is -0.783. The fourth-order valence-electron chi connectivity index (χ4n) is 1.39. The summed E-state index contributed by atoms with van der Waals surface area (Å²) in [6.07, 6.45) is 1.21. The number of Topliss-reactive ketones (excluding diaryl/α,β-unsaturated/α-hetero) is 1. The van der Waals surface area contributed by atoms with Gasteiger partial charge in [0.15, 0.2) is 0 Å². The fraction of sp³-hybridized carbons (Fsp3) is 0.800. The van der Waals surface area contributed by atoms with Gasteiger partial charge in [-0.05, 0) is 18.8 Å². The molecule has 0 radical (unpaired) electrons. The summed E-state index contributed by atoms with van der Waals surface area (Å²) in [4.78, 5) is 21.6. The van der Waals surface area contributed by atoms with E-state index < -0.39 is 5.97 Å². The van der Waals surface area contributed by atoms with Crippen molar-refractivity contribution in [2.75, 3.05) is 0 Å². The number of aliphatic carboxylic acids is 1. The Hall–Kier alpha value is -0.860. The highest BCUT2D eigenvalue weighted by Crippen LogP contribution is 2.17. The van der Waals surface area contributed by atoms with E-state index in [2.05, 4.69) is 0 Å². The third kappa shape index (κ3) is 5.39. The molecule has 0 aromatic carbocycles. The second kappa shape index (κ2) is 5.73. The molecule has 1 unspecified atom stereocenters. The monoisotopic (exact) mass is 186 g/mol. The molecule has 0 saturated heterocycles. The predicted molar refractivity (Wildman–Crippen MR) is 50.5 cm³/mol. The van der Waals surface area contributed by atoms with Crippen molar-refractivity contribution in [3.05, 3.63) is 0 Å². The lowest BCUT2D eigenvalue weighted by molar-refractivity contribution is -0.141. The van der Waals surface area contributed by atoms with Crippen LogP contribution < -0.4 is 0 Å². The maximum absolute atomic E-state index is 11.3. The molecule has 3 heteroatoms. The van der Waals surface area contributed by atoms with Gasteiger partial charge < -0.3 is 5.11 Å². The Bertz CT molecular complexity index is 185. The van der Waals surface area contributed by atoms with Gasteiger partial charge in [0.05, 0.1) is 0 Å². The van der Waals surface area contributed by atoms with Gasteiger partial charge in [0, 0.05) is 5.92 Å². The zero-order valence-electron chi connectivity index (χ0n) is 8.54. The normalized spacial score (nSPS) is 12.9. The summed E-state index contributed by atoms with van der Waals surface area (Å²) in [7, 11) is 0. The molecule has 0 aromatic heterocycles. The highest BCUT2D eigenvalue weighted by Gasteiger charge is 2.19. The van der Waals surface area contributed by atoms with E-state index in [9.17, 15) is 9.59 Å². The highest BCUT2D eigenvalue weighted by atomic mass is 16.4. The van der Waals surface area contributed by atoms with Crippen LogP contribution in [0.5, 0.6) is 0 Å². The largest absolute Gasteiger partial charge is 0.481 e. The number of ketones is 1. The van der Waals surface area contributed by atoms with Crippen molar-refractivity contribution >= 4 is 11.8 Å². The molecule has 0 amide bonds. The summed E-state index contributed by atoms with van der Waals surface area (Å²) in [5, 5.41) is 8.44. The van der Waals surface area contributed by atoms with Crippen LogP contribution in [0.1, 0.15) is 40.0 Å². The molecule has 0 fully saturated rings. The standard InChI is InChI=1S/C10H18O3/c1-4-8(5-7(2)3)9(11)6-10(12)13/h7-8H,4-6H2,1-3H3,(H,12,13). The van der Waals surface area contributed by atoms with Crippen LogP contribution in [-0.2, 0) is 9.59 Å². The second-order valence-electron chi connectivity index (χ2n) is 3.77. The number of carbonyl (C=O) groups excluding carboxylic acids is 1. The molecule has 76 valence electrons. The van der Waals surface area contributed by atoms with Crippen molar-refractivity contribution in [1.29, 1.82) is 0 Å². The minimum Gasteiger partial charge on any atom is -0.481 e. The lowest BCUT2D eigenvalue weighted by atomic mass is 9.90. The van der Waals surface area contributed by atoms with Gasteiger partial charge >= 0.3 is 5.97 Å². The molecule has 0 bridgehead atoms. The first kappa shape index (κ1) is 12.1. The van der Waals surface area contributed by atoms with Crippen LogP contribution in [0.3, 0.4) is 0 Å². The van der Waals surface area contributed by atoms with E-state index in [0.717, 1.165) is 12.8 Å². The van der Waals surface area contributed by atoms with E-state index >= 15 is 0 Å². The van der Waals surface area contributed by atoms with Crippen molar-refractivity contribution in [2.24, 2.45) is 11.8 Å². The average Bonchev–Trinajstić information content (AvgIpc) is 1.98. The molecular weight excluding hydrogens is 168 g/mol. The quantitative estimate of drug-likeness (QED) is 0.646. The van der Waals surface area contributed by atoms with Gasteiger partial charge in [-0.15, -0.1) is 0 Å². The fourth-order valence-corrected chi connectivity index (χ4v) is 1.39. The molecule has 0 saturated carbocycles. The Kier molecular flexibility index (Phi) is 5.35. The van der Waals surface area contributed by atoms with Crippen LogP contribution in [0, 0.1) is 11.8 Å². The molecule has 0 aromatic rings. The second-order valence-corrected chi connectivity index (χ2v) is 3.77. The summed E-state index contributed by atoms with van der Waals surface area (Å²) >= 11 is 0. The first-order valence-electron chi connectivity index (χ1n) is 4.71. The van der Waals surface area contributed by atoms with E-state index in [0.29, 0.717) is 5.92 Å². The minimum atomic E-state index is -1.02. The van der Waals surface area contributed by atoms with Gasteiger partial charge in [0.1, 0.15) is 12.2 Å². The Balaban J connectivity index is 4.07. The zero-order chi connectivity index (χ0) is 10.4. The van der Waals surface area contributed by atoms with Gasteiger partial charge in [0.2, 0.25) is 0 Å². The molecule has 13 heavy (non-hydrogen) atoms. The first-order valence-corrected chi connectivity index (χ1v) is 4.71. The van der Waals surface area contributed by atoms with Crippen molar-refractivity contribution < 1.29 is 14.7 Å². The Morgan fingerprint density at radius 2 is 1.85 bits per heavy atom. The van der Waals surface area contributed by atoms with E-state index in [4.69, 9.17) is 5.11 Å².